The van der Waals surface area contributed by atoms with E-state index in [0.717, 1.165) is 44.7 Å². The van der Waals surface area contributed by atoms with Crippen molar-refractivity contribution in [3.8, 4) is 0 Å². The quantitative estimate of drug-likeness (QED) is 0.333. The molecule has 1 heterocycles. The van der Waals surface area contributed by atoms with Crippen molar-refractivity contribution in [2.45, 2.75) is 45.4 Å². The molecule has 0 atom stereocenters. The number of hydrogen-bond acceptors (Lipinski definition) is 3. The summed E-state index contributed by atoms with van der Waals surface area (Å²) in [6, 6.07) is 5.87. The predicted octanol–water partition coefficient (Wildman–Crippen LogP) is 2.76. The van der Waals surface area contributed by atoms with Crippen molar-refractivity contribution in [1.29, 1.82) is 0 Å². The van der Waals surface area contributed by atoms with Gasteiger partial charge < -0.3 is 16.4 Å². The lowest BCUT2D eigenvalue weighted by molar-refractivity contribution is 0.671. The van der Waals surface area contributed by atoms with Crippen molar-refractivity contribution < 1.29 is 0 Å². The van der Waals surface area contributed by atoms with E-state index < -0.39 is 0 Å². The summed E-state index contributed by atoms with van der Waals surface area (Å²) in [6.07, 6.45) is 8.84. The highest BCUT2D eigenvalue weighted by molar-refractivity contribution is 5.77. The minimum absolute atomic E-state index is 0.573. The standard InChI is InChI=1S/C16H29N5/c1-2-3-4-6-13-20-16(17)21-14-9-8-12-19-15-10-5-7-11-18-15/h5,7,10-11H,2-4,6,8-9,12-14H2,1H3,(H,18,19)(H3,17,20,21). The molecule has 0 saturated heterocycles. The van der Waals surface area contributed by atoms with Crippen molar-refractivity contribution in [3.05, 3.63) is 24.4 Å². The molecule has 0 aliphatic rings. The van der Waals surface area contributed by atoms with Crippen LogP contribution in [0.15, 0.2) is 29.4 Å². The van der Waals surface area contributed by atoms with Crippen LogP contribution in [-0.2, 0) is 0 Å². The van der Waals surface area contributed by atoms with Crippen LogP contribution in [0.2, 0.25) is 0 Å². The molecule has 0 spiro atoms. The molecular weight excluding hydrogens is 262 g/mol. The largest absolute Gasteiger partial charge is 0.370 e. The van der Waals surface area contributed by atoms with Gasteiger partial charge in [-0.3, -0.25) is 4.99 Å². The van der Waals surface area contributed by atoms with Crippen molar-refractivity contribution in [3.63, 3.8) is 0 Å². The number of unbranched alkanes of at least 4 members (excludes halogenated alkanes) is 4. The summed E-state index contributed by atoms with van der Waals surface area (Å²) < 4.78 is 0. The fourth-order valence-corrected chi connectivity index (χ4v) is 1.94. The maximum Gasteiger partial charge on any atom is 0.188 e. The van der Waals surface area contributed by atoms with Gasteiger partial charge >= 0.3 is 0 Å². The van der Waals surface area contributed by atoms with Crippen molar-refractivity contribution >= 4 is 11.8 Å². The van der Waals surface area contributed by atoms with E-state index in [1.165, 1.54) is 19.3 Å². The van der Waals surface area contributed by atoms with Crippen LogP contribution in [0, 0.1) is 0 Å². The Labute approximate surface area is 128 Å². The summed E-state index contributed by atoms with van der Waals surface area (Å²) >= 11 is 0. The minimum atomic E-state index is 0.573. The van der Waals surface area contributed by atoms with Gasteiger partial charge in [-0.05, 0) is 31.4 Å². The fraction of sp³-hybridized carbons (Fsp3) is 0.625. The van der Waals surface area contributed by atoms with Crippen LogP contribution >= 0.6 is 0 Å². The second-order valence-corrected chi connectivity index (χ2v) is 5.10. The third-order valence-corrected chi connectivity index (χ3v) is 3.17. The van der Waals surface area contributed by atoms with E-state index in [0.29, 0.717) is 5.96 Å². The van der Waals surface area contributed by atoms with Crippen LogP contribution in [-0.4, -0.2) is 30.6 Å². The molecule has 0 saturated carbocycles. The average Bonchev–Trinajstić information content (AvgIpc) is 2.51. The number of nitrogens with one attached hydrogen (secondary N) is 2. The van der Waals surface area contributed by atoms with Crippen LogP contribution in [0.3, 0.4) is 0 Å². The van der Waals surface area contributed by atoms with E-state index in [9.17, 15) is 0 Å². The molecule has 5 nitrogen and oxygen atoms in total. The van der Waals surface area contributed by atoms with Crippen LogP contribution in [0.5, 0.6) is 0 Å². The summed E-state index contributed by atoms with van der Waals surface area (Å²) in [7, 11) is 0. The Morgan fingerprint density at radius 1 is 1.14 bits per heavy atom. The van der Waals surface area contributed by atoms with Gasteiger partial charge in [0.2, 0.25) is 0 Å². The molecule has 1 aromatic rings. The molecule has 0 aliphatic heterocycles. The highest BCUT2D eigenvalue weighted by atomic mass is 15.1. The van der Waals surface area contributed by atoms with Crippen LogP contribution in [0.1, 0.15) is 45.4 Å². The highest BCUT2D eigenvalue weighted by Gasteiger charge is 1.94. The molecular formula is C16H29N5. The summed E-state index contributed by atoms with van der Waals surface area (Å²) in [5.41, 5.74) is 5.81. The molecule has 118 valence electrons. The van der Waals surface area contributed by atoms with Crippen LogP contribution in [0.25, 0.3) is 0 Å². The molecule has 1 rings (SSSR count). The third-order valence-electron chi connectivity index (χ3n) is 3.17. The fourth-order valence-electron chi connectivity index (χ4n) is 1.94. The normalized spacial score (nSPS) is 11.4. The molecule has 0 fully saturated rings. The Kier molecular flexibility index (Phi) is 9.87. The van der Waals surface area contributed by atoms with Gasteiger partial charge in [0, 0.05) is 25.8 Å². The lowest BCUT2D eigenvalue weighted by atomic mass is 10.2. The van der Waals surface area contributed by atoms with Gasteiger partial charge in [-0.15, -0.1) is 0 Å². The van der Waals surface area contributed by atoms with Crippen molar-refractivity contribution in [1.82, 2.24) is 10.3 Å². The first kappa shape index (κ1) is 17.3. The van der Waals surface area contributed by atoms with Gasteiger partial charge in [-0.25, -0.2) is 4.98 Å². The number of anilines is 1. The zero-order chi connectivity index (χ0) is 15.2. The number of hydrogen-bond donors (Lipinski definition) is 3. The second-order valence-electron chi connectivity index (χ2n) is 5.10. The van der Waals surface area contributed by atoms with Gasteiger partial charge in [0.15, 0.2) is 5.96 Å². The molecule has 0 aromatic carbocycles. The SMILES string of the molecule is CCCCCCN=C(N)NCCCCNc1ccccn1. The first-order valence-corrected chi connectivity index (χ1v) is 8.01. The third kappa shape index (κ3) is 9.71. The van der Waals surface area contributed by atoms with E-state index in [2.05, 4.69) is 27.5 Å². The topological polar surface area (TPSA) is 75.3 Å². The maximum atomic E-state index is 5.81. The number of aromatic nitrogens is 1. The summed E-state index contributed by atoms with van der Waals surface area (Å²) in [5.74, 6) is 1.50. The van der Waals surface area contributed by atoms with Crippen molar-refractivity contribution in [2.24, 2.45) is 10.7 Å². The van der Waals surface area contributed by atoms with Gasteiger partial charge in [0.25, 0.3) is 0 Å². The van der Waals surface area contributed by atoms with E-state index in [4.69, 9.17) is 5.73 Å². The Morgan fingerprint density at radius 2 is 2.00 bits per heavy atom. The Morgan fingerprint density at radius 3 is 2.76 bits per heavy atom. The molecule has 0 unspecified atom stereocenters. The summed E-state index contributed by atoms with van der Waals surface area (Å²) in [5, 5.41) is 6.44. The van der Waals surface area contributed by atoms with E-state index in [1.54, 1.807) is 6.20 Å². The van der Waals surface area contributed by atoms with E-state index in [1.807, 2.05) is 18.2 Å². The second kappa shape index (κ2) is 12.0. The molecule has 5 heteroatoms. The van der Waals surface area contributed by atoms with Gasteiger partial charge in [0.1, 0.15) is 5.82 Å². The van der Waals surface area contributed by atoms with E-state index >= 15 is 0 Å². The Bertz CT molecular complexity index is 378. The smallest absolute Gasteiger partial charge is 0.188 e. The highest BCUT2D eigenvalue weighted by Crippen LogP contribution is 2.00. The molecule has 21 heavy (non-hydrogen) atoms. The predicted molar refractivity (Wildman–Crippen MR) is 90.6 cm³/mol. The molecule has 0 amide bonds. The monoisotopic (exact) mass is 291 g/mol. The number of nitrogens with zero attached hydrogens (tertiary/aromatic N) is 2. The average molecular weight is 291 g/mol. The van der Waals surface area contributed by atoms with Gasteiger partial charge in [-0.2, -0.15) is 0 Å². The first-order valence-electron chi connectivity index (χ1n) is 8.01. The number of rotatable bonds is 11. The zero-order valence-electron chi connectivity index (χ0n) is 13.1. The Balaban J connectivity index is 1.94. The van der Waals surface area contributed by atoms with Crippen LogP contribution in [0.4, 0.5) is 5.82 Å². The molecule has 0 radical (unpaired) electrons. The summed E-state index contributed by atoms with van der Waals surface area (Å²) in [4.78, 5) is 8.53. The lowest BCUT2D eigenvalue weighted by Gasteiger charge is -2.07. The number of pyridine rings is 1. The number of guanidine groups is 1. The lowest BCUT2D eigenvalue weighted by Crippen LogP contribution is -2.32. The van der Waals surface area contributed by atoms with Gasteiger partial charge in [-0.1, -0.05) is 32.3 Å². The van der Waals surface area contributed by atoms with E-state index in [-0.39, 0.29) is 0 Å². The molecule has 4 N–H and O–H groups in total. The molecule has 1 aromatic heterocycles. The summed E-state index contributed by atoms with van der Waals surface area (Å²) in [6.45, 7) is 4.84. The first-order chi connectivity index (χ1) is 10.3. The zero-order valence-corrected chi connectivity index (χ0v) is 13.1. The number of aliphatic imine (C=N–C) groups is 1. The molecule has 0 aliphatic carbocycles. The Hall–Kier alpha value is -1.78. The number of nitrogens with two attached hydrogens (primary N) is 1. The minimum Gasteiger partial charge on any atom is -0.370 e. The molecule has 0 bridgehead atoms. The van der Waals surface area contributed by atoms with Gasteiger partial charge in [0.05, 0.1) is 0 Å². The van der Waals surface area contributed by atoms with Crippen molar-refractivity contribution in [2.75, 3.05) is 25.0 Å². The maximum absolute atomic E-state index is 5.81. The van der Waals surface area contributed by atoms with Crippen LogP contribution < -0.4 is 16.4 Å².